The van der Waals surface area contributed by atoms with Crippen LogP contribution in [0, 0.1) is 5.92 Å². The molecule has 1 amide bonds. The van der Waals surface area contributed by atoms with Crippen LogP contribution >= 0.6 is 11.8 Å². The highest BCUT2D eigenvalue weighted by Gasteiger charge is 2.31. The highest BCUT2D eigenvalue weighted by molar-refractivity contribution is 7.98. The van der Waals surface area contributed by atoms with Crippen LogP contribution in [0.1, 0.15) is 29.0 Å². The van der Waals surface area contributed by atoms with Crippen LogP contribution in [0.25, 0.3) is 5.69 Å². The van der Waals surface area contributed by atoms with Crippen molar-refractivity contribution in [2.24, 2.45) is 5.92 Å². The first-order chi connectivity index (χ1) is 15.2. The molecule has 1 aliphatic rings. The standard InChI is InChI=1S/C21H22N6O3S/c1-30-20(29)15-8-12-26(13-9-15)19(28)18-17(14-31-21-22-10-5-11-23-21)27(25-24-18)16-6-3-2-4-7-16/h2-7,10-11,15H,8-9,12-14H2,1H3. The molecule has 31 heavy (non-hydrogen) atoms. The van der Waals surface area contributed by atoms with Gasteiger partial charge in [-0.2, -0.15) is 0 Å². The third-order valence-corrected chi connectivity index (χ3v) is 6.05. The van der Waals surface area contributed by atoms with Gasteiger partial charge in [0.05, 0.1) is 24.4 Å². The average molecular weight is 439 g/mol. The Morgan fingerprint density at radius 3 is 2.48 bits per heavy atom. The zero-order valence-corrected chi connectivity index (χ0v) is 17.9. The number of piperidine rings is 1. The number of aromatic nitrogens is 5. The largest absolute Gasteiger partial charge is 0.469 e. The molecule has 4 rings (SSSR count). The van der Waals surface area contributed by atoms with Gasteiger partial charge in [0.25, 0.3) is 5.91 Å². The highest BCUT2D eigenvalue weighted by Crippen LogP contribution is 2.25. The highest BCUT2D eigenvalue weighted by atomic mass is 32.2. The molecule has 1 saturated heterocycles. The summed E-state index contributed by atoms with van der Waals surface area (Å²) in [4.78, 5) is 35.3. The number of carbonyl (C=O) groups excluding carboxylic acids is 2. The SMILES string of the molecule is COC(=O)C1CCN(C(=O)c2nnn(-c3ccccc3)c2CSc2ncccn2)CC1. The Morgan fingerprint density at radius 2 is 1.81 bits per heavy atom. The van der Waals surface area contributed by atoms with Crippen LogP contribution in [0.5, 0.6) is 0 Å². The molecule has 0 radical (unpaired) electrons. The van der Waals surface area contributed by atoms with E-state index in [0.29, 0.717) is 48.2 Å². The fourth-order valence-electron chi connectivity index (χ4n) is 3.50. The molecule has 3 heterocycles. The fourth-order valence-corrected chi connectivity index (χ4v) is 4.30. The quantitative estimate of drug-likeness (QED) is 0.328. The van der Waals surface area contributed by atoms with Crippen molar-refractivity contribution in [3.8, 4) is 5.69 Å². The van der Waals surface area contributed by atoms with Gasteiger partial charge in [0.15, 0.2) is 10.9 Å². The van der Waals surface area contributed by atoms with E-state index in [1.54, 1.807) is 28.0 Å². The van der Waals surface area contributed by atoms with E-state index in [-0.39, 0.29) is 17.8 Å². The number of ether oxygens (including phenoxy) is 1. The summed E-state index contributed by atoms with van der Waals surface area (Å²) in [5.41, 5.74) is 1.82. The first-order valence-corrected chi connectivity index (χ1v) is 10.9. The average Bonchev–Trinajstić information content (AvgIpc) is 3.27. The van der Waals surface area contributed by atoms with Gasteiger partial charge in [0.2, 0.25) is 0 Å². The molecular formula is C21H22N6O3S. The molecule has 0 N–H and O–H groups in total. The van der Waals surface area contributed by atoms with E-state index < -0.39 is 0 Å². The maximum Gasteiger partial charge on any atom is 0.308 e. The Labute approximate surface area is 183 Å². The Bertz CT molecular complexity index is 1040. The monoisotopic (exact) mass is 438 g/mol. The number of likely N-dealkylation sites (tertiary alicyclic amines) is 1. The summed E-state index contributed by atoms with van der Waals surface area (Å²) in [6.07, 6.45) is 4.51. The number of thioether (sulfide) groups is 1. The summed E-state index contributed by atoms with van der Waals surface area (Å²) in [6, 6.07) is 11.3. The lowest BCUT2D eigenvalue weighted by Gasteiger charge is -2.30. The van der Waals surface area contributed by atoms with Gasteiger partial charge in [0, 0.05) is 31.2 Å². The first-order valence-electron chi connectivity index (χ1n) is 9.94. The number of carbonyl (C=O) groups is 2. The van der Waals surface area contributed by atoms with Gasteiger partial charge >= 0.3 is 5.97 Å². The van der Waals surface area contributed by atoms with Crippen molar-refractivity contribution in [1.82, 2.24) is 29.9 Å². The molecule has 0 aliphatic carbocycles. The molecule has 1 aliphatic heterocycles. The van der Waals surface area contributed by atoms with Crippen LogP contribution in [0.3, 0.4) is 0 Å². The maximum absolute atomic E-state index is 13.3. The molecule has 1 aromatic carbocycles. The summed E-state index contributed by atoms with van der Waals surface area (Å²) in [6.45, 7) is 0.955. The Balaban J connectivity index is 1.57. The molecule has 0 saturated carbocycles. The van der Waals surface area contributed by atoms with Crippen molar-refractivity contribution < 1.29 is 14.3 Å². The normalized spacial score (nSPS) is 14.4. The predicted octanol–water partition coefficient (Wildman–Crippen LogP) is 2.37. The number of hydrogen-bond acceptors (Lipinski definition) is 8. The van der Waals surface area contributed by atoms with Crippen LogP contribution < -0.4 is 0 Å². The molecule has 0 bridgehead atoms. The molecule has 10 heteroatoms. The number of nitrogens with zero attached hydrogens (tertiary/aromatic N) is 6. The van der Waals surface area contributed by atoms with Gasteiger partial charge in [-0.05, 0) is 31.0 Å². The Kier molecular flexibility index (Phi) is 6.56. The molecule has 0 spiro atoms. The van der Waals surface area contributed by atoms with Crippen LogP contribution in [-0.4, -0.2) is 61.9 Å². The molecule has 0 unspecified atom stereocenters. The number of amides is 1. The van der Waals surface area contributed by atoms with Gasteiger partial charge in [-0.15, -0.1) is 5.10 Å². The lowest BCUT2D eigenvalue weighted by molar-refractivity contribution is -0.146. The second-order valence-electron chi connectivity index (χ2n) is 7.04. The van der Waals surface area contributed by atoms with Crippen molar-refractivity contribution in [3.63, 3.8) is 0 Å². The van der Waals surface area contributed by atoms with Crippen molar-refractivity contribution in [3.05, 3.63) is 60.2 Å². The summed E-state index contributed by atoms with van der Waals surface area (Å²) < 4.78 is 6.52. The minimum absolute atomic E-state index is 0.167. The molecule has 0 atom stereocenters. The topological polar surface area (TPSA) is 103 Å². The number of hydrogen-bond donors (Lipinski definition) is 0. The van der Waals surface area contributed by atoms with Crippen LogP contribution in [-0.2, 0) is 15.3 Å². The molecule has 160 valence electrons. The third-order valence-electron chi connectivity index (χ3n) is 5.16. The second kappa shape index (κ2) is 9.69. The van der Waals surface area contributed by atoms with Gasteiger partial charge < -0.3 is 9.64 Å². The Hall–Kier alpha value is -3.27. The predicted molar refractivity (Wildman–Crippen MR) is 114 cm³/mol. The minimum Gasteiger partial charge on any atom is -0.469 e. The molecule has 1 fully saturated rings. The van der Waals surface area contributed by atoms with E-state index >= 15 is 0 Å². The van der Waals surface area contributed by atoms with E-state index in [1.807, 2.05) is 30.3 Å². The summed E-state index contributed by atoms with van der Waals surface area (Å²) >= 11 is 1.42. The van der Waals surface area contributed by atoms with E-state index in [1.165, 1.54) is 18.9 Å². The second-order valence-corrected chi connectivity index (χ2v) is 7.98. The zero-order chi connectivity index (χ0) is 21.6. The maximum atomic E-state index is 13.3. The number of para-hydroxylation sites is 1. The van der Waals surface area contributed by atoms with Crippen LogP contribution in [0.15, 0.2) is 53.9 Å². The van der Waals surface area contributed by atoms with Crippen LogP contribution in [0.4, 0.5) is 0 Å². The van der Waals surface area contributed by atoms with Gasteiger partial charge in [-0.3, -0.25) is 9.59 Å². The van der Waals surface area contributed by atoms with Gasteiger partial charge in [-0.1, -0.05) is 35.2 Å². The molecule has 3 aromatic rings. The Morgan fingerprint density at radius 1 is 1.10 bits per heavy atom. The smallest absolute Gasteiger partial charge is 0.308 e. The molecular weight excluding hydrogens is 416 g/mol. The zero-order valence-electron chi connectivity index (χ0n) is 17.0. The van der Waals surface area contributed by atoms with Crippen LogP contribution in [0.2, 0.25) is 0 Å². The van der Waals surface area contributed by atoms with Gasteiger partial charge in [-0.25, -0.2) is 14.6 Å². The van der Waals surface area contributed by atoms with E-state index in [2.05, 4.69) is 20.3 Å². The number of benzene rings is 1. The molecule has 2 aromatic heterocycles. The minimum atomic E-state index is -0.220. The van der Waals surface area contributed by atoms with Crippen molar-refractivity contribution in [2.45, 2.75) is 23.8 Å². The summed E-state index contributed by atoms with van der Waals surface area (Å²) in [5, 5.41) is 9.10. The number of rotatable bonds is 6. The lowest BCUT2D eigenvalue weighted by atomic mass is 9.97. The summed E-state index contributed by atoms with van der Waals surface area (Å²) in [7, 11) is 1.39. The fraction of sp³-hybridized carbons (Fsp3) is 0.333. The van der Waals surface area contributed by atoms with Gasteiger partial charge in [0.1, 0.15) is 0 Å². The van der Waals surface area contributed by atoms with Crippen molar-refractivity contribution >= 4 is 23.6 Å². The number of esters is 1. The van der Waals surface area contributed by atoms with Crippen molar-refractivity contribution in [1.29, 1.82) is 0 Å². The number of methoxy groups -OCH3 is 1. The van der Waals surface area contributed by atoms with E-state index in [0.717, 1.165) is 5.69 Å². The van der Waals surface area contributed by atoms with E-state index in [9.17, 15) is 9.59 Å². The van der Waals surface area contributed by atoms with Crippen molar-refractivity contribution in [2.75, 3.05) is 20.2 Å². The lowest BCUT2D eigenvalue weighted by Crippen LogP contribution is -2.41. The molecule has 9 nitrogen and oxygen atoms in total. The third kappa shape index (κ3) is 4.74. The summed E-state index contributed by atoms with van der Waals surface area (Å²) in [5.74, 6) is -0.137. The first kappa shape index (κ1) is 21.0. The van der Waals surface area contributed by atoms with E-state index in [4.69, 9.17) is 4.74 Å².